The molecule has 3 aromatic rings. The fourth-order valence-electron chi connectivity index (χ4n) is 1.96. The molecule has 0 aliphatic rings. The van der Waals surface area contributed by atoms with Crippen LogP contribution >= 0.6 is 23.1 Å². The molecular weight excluding hydrogens is 321 g/mol. The Morgan fingerprint density at radius 2 is 2.09 bits per heavy atom. The van der Waals surface area contributed by atoms with Gasteiger partial charge in [-0.25, -0.2) is 9.37 Å². The van der Waals surface area contributed by atoms with Crippen LogP contribution in [0.1, 0.15) is 10.4 Å². The van der Waals surface area contributed by atoms with Gasteiger partial charge in [0.25, 0.3) is 5.91 Å². The summed E-state index contributed by atoms with van der Waals surface area (Å²) in [6, 6.07) is 11.7. The van der Waals surface area contributed by atoms with Crippen LogP contribution < -0.4 is 10.9 Å². The van der Waals surface area contributed by atoms with Crippen molar-refractivity contribution < 1.29 is 9.18 Å². The van der Waals surface area contributed by atoms with Gasteiger partial charge in [0.2, 0.25) is 5.13 Å². The number of fused-ring (bicyclic) bond motifs is 1. The van der Waals surface area contributed by atoms with Gasteiger partial charge in [-0.15, -0.1) is 11.8 Å². The topological polar surface area (TPSA) is 54.0 Å². The zero-order valence-electron chi connectivity index (χ0n) is 11.6. The number of amides is 1. The molecule has 0 unspecified atom stereocenters. The molecule has 0 bridgehead atoms. The van der Waals surface area contributed by atoms with E-state index in [9.17, 15) is 9.18 Å². The normalized spacial score (nSPS) is 10.6. The molecule has 1 aromatic heterocycles. The summed E-state index contributed by atoms with van der Waals surface area (Å²) in [5, 5.41) is 0.510. The van der Waals surface area contributed by atoms with Gasteiger partial charge in [-0.1, -0.05) is 23.5 Å². The maximum atomic E-state index is 13.2. The second-order valence-corrected chi connectivity index (χ2v) is 6.29. The zero-order chi connectivity index (χ0) is 15.5. The van der Waals surface area contributed by atoms with Crippen LogP contribution in [-0.4, -0.2) is 17.1 Å². The minimum Gasteiger partial charge on any atom is -0.273 e. The van der Waals surface area contributed by atoms with E-state index in [2.05, 4.69) is 15.8 Å². The van der Waals surface area contributed by atoms with Crippen molar-refractivity contribution in [1.29, 1.82) is 0 Å². The first-order valence-electron chi connectivity index (χ1n) is 6.43. The predicted molar refractivity (Wildman–Crippen MR) is 88.9 cm³/mol. The number of rotatable bonds is 4. The molecule has 2 aromatic carbocycles. The lowest BCUT2D eigenvalue weighted by Crippen LogP contribution is -2.29. The number of anilines is 1. The zero-order valence-corrected chi connectivity index (χ0v) is 13.2. The quantitative estimate of drug-likeness (QED) is 0.561. The fourth-order valence-corrected chi connectivity index (χ4v) is 3.40. The van der Waals surface area contributed by atoms with E-state index in [0.29, 0.717) is 16.2 Å². The number of carbonyl (C=O) groups is 1. The smallest absolute Gasteiger partial charge is 0.270 e. The van der Waals surface area contributed by atoms with Crippen LogP contribution in [-0.2, 0) is 0 Å². The number of nitrogens with zero attached hydrogens (tertiary/aromatic N) is 1. The summed E-state index contributed by atoms with van der Waals surface area (Å²) in [5.74, 6) is -0.545. The minimum absolute atomic E-state index is 0.240. The van der Waals surface area contributed by atoms with Gasteiger partial charge in [-0.05, 0) is 36.6 Å². The standard InChI is InChI=1S/C15H12FN3OS2/c1-21-12-5-3-2-4-10(12)14(20)18-19-15-17-11-7-6-9(16)8-13(11)22-15/h2-8H,1H3,(H,17,19)(H,18,20). The molecule has 0 aliphatic carbocycles. The molecule has 22 heavy (non-hydrogen) atoms. The first-order valence-corrected chi connectivity index (χ1v) is 8.47. The van der Waals surface area contributed by atoms with Crippen molar-refractivity contribution in [2.75, 3.05) is 11.7 Å². The van der Waals surface area contributed by atoms with Crippen LogP contribution in [0.25, 0.3) is 10.2 Å². The van der Waals surface area contributed by atoms with Crippen molar-refractivity contribution in [2.24, 2.45) is 0 Å². The minimum atomic E-state index is -0.305. The molecule has 2 N–H and O–H groups in total. The van der Waals surface area contributed by atoms with Gasteiger partial charge < -0.3 is 0 Å². The number of thiazole rings is 1. The van der Waals surface area contributed by atoms with E-state index in [1.165, 1.54) is 35.2 Å². The molecule has 0 saturated heterocycles. The predicted octanol–water partition coefficient (Wildman–Crippen LogP) is 3.91. The number of aromatic nitrogens is 1. The molecule has 0 fully saturated rings. The summed E-state index contributed by atoms with van der Waals surface area (Å²) in [6.45, 7) is 0. The number of benzene rings is 2. The first kappa shape index (κ1) is 14.8. The van der Waals surface area contributed by atoms with Crippen LogP contribution in [0.5, 0.6) is 0 Å². The molecule has 0 aliphatic heterocycles. The number of hydrazine groups is 1. The van der Waals surface area contributed by atoms with Crippen LogP contribution in [0.3, 0.4) is 0 Å². The van der Waals surface area contributed by atoms with E-state index in [1.807, 2.05) is 24.5 Å². The Morgan fingerprint density at radius 3 is 2.91 bits per heavy atom. The molecule has 7 heteroatoms. The molecule has 0 radical (unpaired) electrons. The number of carbonyl (C=O) groups excluding carboxylic acids is 1. The lowest BCUT2D eigenvalue weighted by molar-refractivity contribution is 0.0960. The second-order valence-electron chi connectivity index (χ2n) is 4.41. The van der Waals surface area contributed by atoms with Crippen molar-refractivity contribution in [3.05, 3.63) is 53.8 Å². The third-order valence-corrected chi connectivity index (χ3v) is 4.71. The lowest BCUT2D eigenvalue weighted by Gasteiger charge is -2.08. The highest BCUT2D eigenvalue weighted by Gasteiger charge is 2.11. The van der Waals surface area contributed by atoms with Gasteiger partial charge in [0, 0.05) is 4.90 Å². The first-order chi connectivity index (χ1) is 10.7. The van der Waals surface area contributed by atoms with Gasteiger partial charge >= 0.3 is 0 Å². The molecule has 4 nitrogen and oxygen atoms in total. The third-order valence-electron chi connectivity index (χ3n) is 2.99. The molecule has 112 valence electrons. The van der Waals surface area contributed by atoms with Gasteiger partial charge in [0.1, 0.15) is 5.82 Å². The van der Waals surface area contributed by atoms with Crippen LogP contribution in [0, 0.1) is 5.82 Å². The SMILES string of the molecule is CSc1ccccc1C(=O)NNc1nc2ccc(F)cc2s1. The van der Waals surface area contributed by atoms with E-state index in [-0.39, 0.29) is 11.7 Å². The average molecular weight is 333 g/mol. The Labute approximate surface area is 134 Å². The highest BCUT2D eigenvalue weighted by atomic mass is 32.2. The van der Waals surface area contributed by atoms with E-state index in [1.54, 1.807) is 12.1 Å². The number of thioether (sulfide) groups is 1. The monoisotopic (exact) mass is 333 g/mol. The van der Waals surface area contributed by atoms with Crippen molar-refractivity contribution in [1.82, 2.24) is 10.4 Å². The number of nitrogens with one attached hydrogen (secondary N) is 2. The van der Waals surface area contributed by atoms with E-state index in [4.69, 9.17) is 0 Å². The van der Waals surface area contributed by atoms with Gasteiger partial charge in [0.15, 0.2) is 0 Å². The van der Waals surface area contributed by atoms with Crippen LogP contribution in [0.2, 0.25) is 0 Å². The summed E-state index contributed by atoms with van der Waals surface area (Å²) in [5.41, 5.74) is 6.68. The summed E-state index contributed by atoms with van der Waals surface area (Å²) in [6.07, 6.45) is 1.92. The summed E-state index contributed by atoms with van der Waals surface area (Å²) in [7, 11) is 0. The van der Waals surface area contributed by atoms with Crippen molar-refractivity contribution >= 4 is 44.4 Å². The molecule has 0 spiro atoms. The summed E-state index contributed by atoms with van der Waals surface area (Å²) in [4.78, 5) is 17.4. The third kappa shape index (κ3) is 3.05. The van der Waals surface area contributed by atoms with E-state index < -0.39 is 0 Å². The Hall–Kier alpha value is -2.12. The molecule has 1 amide bonds. The van der Waals surface area contributed by atoms with E-state index >= 15 is 0 Å². The maximum Gasteiger partial charge on any atom is 0.270 e. The van der Waals surface area contributed by atoms with Crippen molar-refractivity contribution in [3.63, 3.8) is 0 Å². The van der Waals surface area contributed by atoms with Crippen LogP contribution in [0.15, 0.2) is 47.4 Å². The summed E-state index contributed by atoms with van der Waals surface area (Å²) < 4.78 is 13.9. The van der Waals surface area contributed by atoms with Crippen LogP contribution in [0.4, 0.5) is 9.52 Å². The number of hydrogen-bond acceptors (Lipinski definition) is 5. The van der Waals surface area contributed by atoms with Gasteiger partial charge in [0.05, 0.1) is 15.8 Å². The molecular formula is C15H12FN3OS2. The Balaban J connectivity index is 1.74. The molecule has 0 saturated carbocycles. The largest absolute Gasteiger partial charge is 0.273 e. The fraction of sp³-hybridized carbons (Fsp3) is 0.0667. The summed E-state index contributed by atoms with van der Waals surface area (Å²) >= 11 is 2.78. The van der Waals surface area contributed by atoms with Crippen molar-refractivity contribution in [3.8, 4) is 0 Å². The Morgan fingerprint density at radius 1 is 1.27 bits per heavy atom. The highest BCUT2D eigenvalue weighted by Crippen LogP contribution is 2.26. The Bertz CT molecular complexity index is 835. The van der Waals surface area contributed by atoms with Crippen molar-refractivity contribution in [2.45, 2.75) is 4.90 Å². The van der Waals surface area contributed by atoms with Gasteiger partial charge in [-0.3, -0.25) is 15.6 Å². The maximum absolute atomic E-state index is 13.2. The highest BCUT2D eigenvalue weighted by molar-refractivity contribution is 7.98. The lowest BCUT2D eigenvalue weighted by atomic mass is 10.2. The number of hydrogen-bond donors (Lipinski definition) is 2. The van der Waals surface area contributed by atoms with E-state index in [0.717, 1.165) is 9.60 Å². The van der Waals surface area contributed by atoms with Gasteiger partial charge in [-0.2, -0.15) is 0 Å². The second kappa shape index (κ2) is 6.33. The Kier molecular flexibility index (Phi) is 4.26. The molecule has 3 rings (SSSR count). The average Bonchev–Trinajstić information content (AvgIpc) is 2.94. The molecule has 1 heterocycles. The molecule has 0 atom stereocenters. The number of halogens is 1.